The average molecular weight is 328 g/mol. The van der Waals surface area contributed by atoms with Gasteiger partial charge in [0, 0.05) is 24.3 Å². The molecular weight excluding hydrogens is 308 g/mol. The first kappa shape index (κ1) is 16.2. The number of hydrogen-bond acceptors (Lipinski definition) is 5. The Labute approximate surface area is 129 Å². The van der Waals surface area contributed by atoms with Crippen LogP contribution in [-0.4, -0.2) is 25.2 Å². The van der Waals surface area contributed by atoms with Gasteiger partial charge in [0.05, 0.1) is 0 Å². The van der Waals surface area contributed by atoms with Crippen LogP contribution < -0.4 is 10.0 Å². The minimum atomic E-state index is -3.62. The first-order chi connectivity index (χ1) is 9.95. The van der Waals surface area contributed by atoms with Crippen LogP contribution >= 0.6 is 11.3 Å². The van der Waals surface area contributed by atoms with Crippen molar-refractivity contribution in [3.05, 3.63) is 33.1 Å². The molecule has 0 saturated heterocycles. The summed E-state index contributed by atoms with van der Waals surface area (Å²) in [6.07, 6.45) is 0. The second kappa shape index (κ2) is 6.69. The summed E-state index contributed by atoms with van der Waals surface area (Å²) in [5.74, 6) is 0. The van der Waals surface area contributed by atoms with Gasteiger partial charge in [-0.3, -0.25) is 5.10 Å². The van der Waals surface area contributed by atoms with Gasteiger partial charge in [-0.1, -0.05) is 6.92 Å². The molecule has 0 bridgehead atoms. The van der Waals surface area contributed by atoms with E-state index in [4.69, 9.17) is 0 Å². The number of sulfonamides is 1. The van der Waals surface area contributed by atoms with E-state index in [-0.39, 0.29) is 11.6 Å². The quantitative estimate of drug-likeness (QED) is 0.721. The maximum atomic E-state index is 12.4. The summed E-state index contributed by atoms with van der Waals surface area (Å²) < 4.78 is 27.5. The predicted octanol–water partition coefficient (Wildman–Crippen LogP) is 1.68. The summed E-state index contributed by atoms with van der Waals surface area (Å²) in [5, 5.41) is 13.9. The van der Waals surface area contributed by atoms with E-state index >= 15 is 0 Å². The zero-order valence-electron chi connectivity index (χ0n) is 12.4. The van der Waals surface area contributed by atoms with Crippen LogP contribution in [0.3, 0.4) is 0 Å². The van der Waals surface area contributed by atoms with Gasteiger partial charge < -0.3 is 5.32 Å². The van der Waals surface area contributed by atoms with Gasteiger partial charge in [0.2, 0.25) is 0 Å². The van der Waals surface area contributed by atoms with Crippen molar-refractivity contribution in [1.29, 1.82) is 0 Å². The zero-order chi connectivity index (χ0) is 15.5. The third-order valence-electron chi connectivity index (χ3n) is 3.26. The molecule has 0 spiro atoms. The summed E-state index contributed by atoms with van der Waals surface area (Å²) in [5.41, 5.74) is 3.53. The Bertz CT molecular complexity index is 704. The normalized spacial score (nSPS) is 12.0. The molecule has 2 aromatic heterocycles. The van der Waals surface area contributed by atoms with Gasteiger partial charge in [-0.2, -0.15) is 16.4 Å². The molecule has 0 aliphatic carbocycles. The number of aromatic amines is 1. The van der Waals surface area contributed by atoms with Crippen molar-refractivity contribution >= 4 is 21.4 Å². The van der Waals surface area contributed by atoms with Crippen molar-refractivity contribution in [2.45, 2.75) is 38.9 Å². The number of H-pyrrole nitrogens is 1. The number of nitrogens with one attached hydrogen (secondary N) is 3. The number of thiophene rings is 1. The molecule has 0 amide bonds. The zero-order valence-corrected chi connectivity index (χ0v) is 14.0. The number of aromatic nitrogens is 2. The maximum absolute atomic E-state index is 12.4. The molecule has 21 heavy (non-hydrogen) atoms. The van der Waals surface area contributed by atoms with Gasteiger partial charge in [0.15, 0.2) is 5.03 Å². The van der Waals surface area contributed by atoms with E-state index in [9.17, 15) is 8.42 Å². The Morgan fingerprint density at radius 3 is 2.67 bits per heavy atom. The van der Waals surface area contributed by atoms with Crippen molar-refractivity contribution in [2.75, 3.05) is 6.54 Å². The summed E-state index contributed by atoms with van der Waals surface area (Å²) in [4.78, 5) is 0. The first-order valence-electron chi connectivity index (χ1n) is 6.71. The minimum absolute atomic E-state index is 0.0776. The first-order valence-corrected chi connectivity index (χ1v) is 9.14. The smallest absolute Gasteiger partial charge is 0.260 e. The van der Waals surface area contributed by atoms with E-state index in [2.05, 4.69) is 20.2 Å². The molecule has 0 unspecified atom stereocenters. The lowest BCUT2D eigenvalue weighted by Crippen LogP contribution is -2.25. The van der Waals surface area contributed by atoms with Crippen LogP contribution in [0.4, 0.5) is 0 Å². The summed E-state index contributed by atoms with van der Waals surface area (Å²) in [6, 6.07) is 0. The monoisotopic (exact) mass is 328 g/mol. The number of aryl methyl sites for hydroxylation is 2. The lowest BCUT2D eigenvalue weighted by atomic mass is 10.2. The largest absolute Gasteiger partial charge is 0.313 e. The lowest BCUT2D eigenvalue weighted by molar-refractivity contribution is 0.574. The maximum Gasteiger partial charge on any atom is 0.260 e. The van der Waals surface area contributed by atoms with Crippen LogP contribution in [0, 0.1) is 13.8 Å². The fourth-order valence-electron chi connectivity index (χ4n) is 1.92. The van der Waals surface area contributed by atoms with Gasteiger partial charge in [0.1, 0.15) is 0 Å². The summed E-state index contributed by atoms with van der Waals surface area (Å²) >= 11 is 1.56. The highest BCUT2D eigenvalue weighted by Gasteiger charge is 2.23. The summed E-state index contributed by atoms with van der Waals surface area (Å²) in [7, 11) is -3.62. The van der Waals surface area contributed by atoms with E-state index < -0.39 is 10.0 Å². The van der Waals surface area contributed by atoms with E-state index in [1.807, 2.05) is 31.5 Å². The fourth-order valence-corrected chi connectivity index (χ4v) is 3.97. The molecule has 2 heterocycles. The third kappa shape index (κ3) is 3.70. The molecule has 6 nitrogen and oxygen atoms in total. The SMILES string of the molecule is CCNCc1c(S(=O)(=O)NCc2cscc2C)n[nH]c1C. The molecule has 2 rings (SSSR count). The number of rotatable bonds is 7. The van der Waals surface area contributed by atoms with Gasteiger partial charge in [-0.15, -0.1) is 0 Å². The van der Waals surface area contributed by atoms with Crippen molar-refractivity contribution in [2.24, 2.45) is 0 Å². The number of nitrogens with zero attached hydrogens (tertiary/aromatic N) is 1. The average Bonchev–Trinajstić information content (AvgIpc) is 3.01. The topological polar surface area (TPSA) is 86.9 Å². The molecule has 0 radical (unpaired) electrons. The number of hydrogen-bond donors (Lipinski definition) is 3. The molecule has 0 fully saturated rings. The van der Waals surface area contributed by atoms with Gasteiger partial charge in [-0.25, -0.2) is 13.1 Å². The van der Waals surface area contributed by atoms with E-state index in [0.717, 1.165) is 23.4 Å². The Morgan fingerprint density at radius 1 is 1.29 bits per heavy atom. The van der Waals surface area contributed by atoms with Gasteiger partial charge in [-0.05, 0) is 42.3 Å². The lowest BCUT2D eigenvalue weighted by Gasteiger charge is -2.07. The molecule has 2 aromatic rings. The predicted molar refractivity (Wildman–Crippen MR) is 83.8 cm³/mol. The molecular formula is C13H20N4O2S2. The van der Waals surface area contributed by atoms with E-state index in [1.54, 1.807) is 11.3 Å². The minimum Gasteiger partial charge on any atom is -0.313 e. The fraction of sp³-hybridized carbons (Fsp3) is 0.462. The van der Waals surface area contributed by atoms with Crippen molar-refractivity contribution in [1.82, 2.24) is 20.2 Å². The van der Waals surface area contributed by atoms with Gasteiger partial charge in [0.25, 0.3) is 10.0 Å². The van der Waals surface area contributed by atoms with Crippen molar-refractivity contribution in [3.63, 3.8) is 0 Å². The molecule has 8 heteroatoms. The Hall–Kier alpha value is -1.22. The van der Waals surface area contributed by atoms with Crippen molar-refractivity contribution in [3.8, 4) is 0 Å². The molecule has 0 atom stereocenters. The molecule has 0 aliphatic rings. The van der Waals surface area contributed by atoms with Crippen LogP contribution in [0.2, 0.25) is 0 Å². The van der Waals surface area contributed by atoms with Crippen LogP contribution in [0.25, 0.3) is 0 Å². The summed E-state index contributed by atoms with van der Waals surface area (Å²) in [6.45, 7) is 7.29. The van der Waals surface area contributed by atoms with Crippen molar-refractivity contribution < 1.29 is 8.42 Å². The molecule has 0 aromatic carbocycles. The second-order valence-electron chi connectivity index (χ2n) is 4.82. The van der Waals surface area contributed by atoms with Crippen LogP contribution in [-0.2, 0) is 23.1 Å². The molecule has 3 N–H and O–H groups in total. The molecule has 0 aliphatic heterocycles. The highest BCUT2D eigenvalue weighted by molar-refractivity contribution is 7.89. The standard InChI is InChI=1S/C13H20N4O2S2/c1-4-14-6-12-10(3)16-17-13(12)21(18,19)15-5-11-8-20-7-9(11)2/h7-8,14-15H,4-6H2,1-3H3,(H,16,17). The molecule has 0 saturated carbocycles. The molecule has 116 valence electrons. The van der Waals surface area contributed by atoms with Crippen LogP contribution in [0.1, 0.15) is 29.3 Å². The van der Waals surface area contributed by atoms with Crippen LogP contribution in [0.5, 0.6) is 0 Å². The van der Waals surface area contributed by atoms with E-state index in [1.165, 1.54) is 0 Å². The third-order valence-corrected chi connectivity index (χ3v) is 5.54. The Morgan fingerprint density at radius 2 is 2.05 bits per heavy atom. The Balaban J connectivity index is 2.18. The highest BCUT2D eigenvalue weighted by Crippen LogP contribution is 2.18. The Kier molecular flexibility index (Phi) is 5.15. The highest BCUT2D eigenvalue weighted by atomic mass is 32.2. The van der Waals surface area contributed by atoms with Gasteiger partial charge >= 0.3 is 0 Å². The van der Waals surface area contributed by atoms with E-state index in [0.29, 0.717) is 12.1 Å². The second-order valence-corrected chi connectivity index (χ2v) is 7.24. The van der Waals surface area contributed by atoms with Crippen LogP contribution in [0.15, 0.2) is 15.8 Å².